The van der Waals surface area contributed by atoms with Gasteiger partial charge in [-0.15, -0.1) is 0 Å². The summed E-state index contributed by atoms with van der Waals surface area (Å²) in [5.74, 6) is 0.847. The van der Waals surface area contributed by atoms with Crippen molar-refractivity contribution < 1.29 is 19.1 Å². The predicted molar refractivity (Wildman–Crippen MR) is 91.6 cm³/mol. The smallest absolute Gasteiger partial charge is 0.315 e. The van der Waals surface area contributed by atoms with Gasteiger partial charge in [-0.2, -0.15) is 0 Å². The van der Waals surface area contributed by atoms with Gasteiger partial charge in [0.15, 0.2) is 0 Å². The topological polar surface area (TPSA) is 83.7 Å². The van der Waals surface area contributed by atoms with E-state index in [1.54, 1.807) is 12.1 Å². The molecule has 1 aromatic rings. The summed E-state index contributed by atoms with van der Waals surface area (Å²) in [6.07, 6.45) is 2.34. The van der Waals surface area contributed by atoms with Crippen LogP contribution >= 0.6 is 0 Å². The van der Waals surface area contributed by atoms with Gasteiger partial charge in [0.25, 0.3) is 0 Å². The van der Waals surface area contributed by atoms with E-state index in [0.717, 1.165) is 13.0 Å². The Morgan fingerprint density at radius 3 is 2.83 bits per heavy atom. The van der Waals surface area contributed by atoms with Crippen LogP contribution in [0.25, 0.3) is 0 Å². The zero-order valence-electron chi connectivity index (χ0n) is 15.0. The molecule has 0 radical (unpaired) electrons. The summed E-state index contributed by atoms with van der Waals surface area (Å²) in [4.78, 5) is 12.1. The minimum Gasteiger partial charge on any atom is -0.467 e. The van der Waals surface area contributed by atoms with Crippen LogP contribution in [-0.4, -0.2) is 36.4 Å². The third kappa shape index (κ3) is 5.24. The molecule has 6 heteroatoms. The first-order chi connectivity index (χ1) is 11.3. The van der Waals surface area contributed by atoms with Crippen LogP contribution in [0.5, 0.6) is 0 Å². The number of amides is 2. The molecule has 0 bridgehead atoms. The van der Waals surface area contributed by atoms with E-state index in [-0.39, 0.29) is 23.6 Å². The molecule has 0 spiro atoms. The van der Waals surface area contributed by atoms with Gasteiger partial charge in [-0.1, -0.05) is 20.8 Å². The van der Waals surface area contributed by atoms with Crippen molar-refractivity contribution in [2.24, 2.45) is 11.3 Å². The Morgan fingerprint density at radius 1 is 1.46 bits per heavy atom. The Bertz CT molecular complexity index is 510. The van der Waals surface area contributed by atoms with E-state index in [0.29, 0.717) is 24.6 Å². The van der Waals surface area contributed by atoms with Crippen LogP contribution in [0.1, 0.15) is 52.4 Å². The summed E-state index contributed by atoms with van der Waals surface area (Å²) in [5.41, 5.74) is 0.0692. The highest BCUT2D eigenvalue weighted by Crippen LogP contribution is 2.34. The van der Waals surface area contributed by atoms with Crippen molar-refractivity contribution in [3.05, 3.63) is 24.2 Å². The number of hydrogen-bond donors (Lipinski definition) is 3. The van der Waals surface area contributed by atoms with Crippen LogP contribution in [0.4, 0.5) is 4.79 Å². The fraction of sp³-hybridized carbons (Fsp3) is 0.722. The number of carbonyl (C=O) groups excluding carboxylic acids is 1. The highest BCUT2D eigenvalue weighted by molar-refractivity contribution is 5.74. The second-order valence-electron chi connectivity index (χ2n) is 7.73. The molecular weight excluding hydrogens is 308 g/mol. The Hall–Kier alpha value is -1.53. The number of urea groups is 1. The number of nitrogens with one attached hydrogen (secondary N) is 2. The normalized spacial score (nSPS) is 23.7. The fourth-order valence-corrected chi connectivity index (χ4v) is 3.29. The van der Waals surface area contributed by atoms with Crippen LogP contribution in [-0.2, 0) is 4.74 Å². The van der Waals surface area contributed by atoms with E-state index < -0.39 is 6.10 Å². The average molecular weight is 338 g/mol. The molecule has 6 nitrogen and oxygen atoms in total. The minimum absolute atomic E-state index is 0.0692. The average Bonchev–Trinajstić information content (AvgIpc) is 3.15. The minimum atomic E-state index is -0.719. The quantitative estimate of drug-likeness (QED) is 0.745. The lowest BCUT2D eigenvalue weighted by Gasteiger charge is -2.31. The summed E-state index contributed by atoms with van der Waals surface area (Å²) < 4.78 is 11.0. The van der Waals surface area contributed by atoms with Crippen LogP contribution in [0.3, 0.4) is 0 Å². The lowest BCUT2D eigenvalue weighted by molar-refractivity contribution is 0.00773. The van der Waals surface area contributed by atoms with Gasteiger partial charge in [0.2, 0.25) is 0 Å². The van der Waals surface area contributed by atoms with Gasteiger partial charge in [0.1, 0.15) is 11.9 Å². The lowest BCUT2D eigenvalue weighted by Crippen LogP contribution is -2.45. The number of aliphatic hydroxyl groups is 1. The molecule has 2 heterocycles. The Morgan fingerprint density at radius 2 is 2.21 bits per heavy atom. The molecule has 4 atom stereocenters. The Labute approximate surface area is 143 Å². The number of furan rings is 1. The molecule has 1 aliphatic heterocycles. The fourth-order valence-electron chi connectivity index (χ4n) is 3.29. The van der Waals surface area contributed by atoms with Crippen molar-refractivity contribution in [2.45, 2.75) is 58.8 Å². The molecule has 0 aliphatic carbocycles. The van der Waals surface area contributed by atoms with Gasteiger partial charge >= 0.3 is 6.03 Å². The molecule has 0 aromatic carbocycles. The van der Waals surface area contributed by atoms with Crippen LogP contribution in [0, 0.1) is 11.3 Å². The van der Waals surface area contributed by atoms with Gasteiger partial charge in [0, 0.05) is 31.5 Å². The molecule has 2 rings (SSSR count). The molecule has 0 saturated carbocycles. The highest BCUT2D eigenvalue weighted by Gasteiger charge is 2.37. The molecule has 1 fully saturated rings. The van der Waals surface area contributed by atoms with Crippen molar-refractivity contribution >= 4 is 6.03 Å². The summed E-state index contributed by atoms with van der Waals surface area (Å²) in [5, 5.41) is 15.8. The molecular formula is C18H30N2O4. The van der Waals surface area contributed by atoms with Crippen LogP contribution < -0.4 is 10.6 Å². The van der Waals surface area contributed by atoms with Gasteiger partial charge < -0.3 is 24.9 Å². The summed E-state index contributed by atoms with van der Waals surface area (Å²) in [7, 11) is 0. The molecule has 1 aliphatic rings. The maximum atomic E-state index is 12.1. The molecule has 1 aromatic heterocycles. The van der Waals surface area contributed by atoms with Gasteiger partial charge in [-0.05, 0) is 30.9 Å². The maximum Gasteiger partial charge on any atom is 0.315 e. The number of aliphatic hydroxyl groups excluding tert-OH is 1. The van der Waals surface area contributed by atoms with Gasteiger partial charge in [-0.3, -0.25) is 0 Å². The SMILES string of the molecule is C[C@H](C[C@H](O)c1ccco1)NC(=O)NC[C@H]1CCO[C@H]1C(C)(C)C. The third-order valence-corrected chi connectivity index (χ3v) is 4.42. The first kappa shape index (κ1) is 18.8. The number of ether oxygens (including phenoxy) is 1. The van der Waals surface area contributed by atoms with Crippen molar-refractivity contribution in [2.75, 3.05) is 13.2 Å². The summed E-state index contributed by atoms with van der Waals surface area (Å²) in [6.45, 7) is 9.70. The molecule has 0 unspecified atom stereocenters. The van der Waals surface area contributed by atoms with E-state index in [9.17, 15) is 9.90 Å². The van der Waals surface area contributed by atoms with Crippen molar-refractivity contribution in [1.29, 1.82) is 0 Å². The predicted octanol–water partition coefficient (Wildman–Crippen LogP) is 2.84. The third-order valence-electron chi connectivity index (χ3n) is 4.42. The molecule has 24 heavy (non-hydrogen) atoms. The lowest BCUT2D eigenvalue weighted by atomic mass is 9.81. The van der Waals surface area contributed by atoms with Crippen molar-refractivity contribution in [1.82, 2.24) is 10.6 Å². The number of rotatable bonds is 6. The Kier molecular flexibility index (Phi) is 6.29. The zero-order chi connectivity index (χ0) is 17.7. The van der Waals surface area contributed by atoms with E-state index in [4.69, 9.17) is 9.15 Å². The molecule has 3 N–H and O–H groups in total. The van der Waals surface area contributed by atoms with E-state index in [2.05, 4.69) is 31.4 Å². The van der Waals surface area contributed by atoms with Crippen LogP contribution in [0.2, 0.25) is 0 Å². The monoisotopic (exact) mass is 338 g/mol. The van der Waals surface area contributed by atoms with Crippen molar-refractivity contribution in [3.63, 3.8) is 0 Å². The van der Waals surface area contributed by atoms with Crippen LogP contribution in [0.15, 0.2) is 22.8 Å². The Balaban J connectivity index is 1.73. The molecule has 1 saturated heterocycles. The standard InChI is InChI=1S/C18H30N2O4/c1-12(10-14(21)15-6-5-8-23-15)20-17(22)19-11-13-7-9-24-16(13)18(2,3)4/h5-6,8,12-14,16,21H,7,9-11H2,1-4H3,(H2,19,20,22)/t12-,13-,14+,16-/m1/s1. The molecule has 2 amide bonds. The first-order valence-electron chi connectivity index (χ1n) is 8.65. The van der Waals surface area contributed by atoms with E-state index in [1.165, 1.54) is 6.26 Å². The summed E-state index contributed by atoms with van der Waals surface area (Å²) in [6, 6.07) is 3.08. The largest absolute Gasteiger partial charge is 0.467 e. The van der Waals surface area contributed by atoms with Gasteiger partial charge in [-0.25, -0.2) is 4.79 Å². The number of carbonyl (C=O) groups is 1. The van der Waals surface area contributed by atoms with E-state index >= 15 is 0 Å². The number of hydrogen-bond acceptors (Lipinski definition) is 4. The van der Waals surface area contributed by atoms with Crippen molar-refractivity contribution in [3.8, 4) is 0 Å². The second-order valence-corrected chi connectivity index (χ2v) is 7.73. The maximum absolute atomic E-state index is 12.1. The summed E-state index contributed by atoms with van der Waals surface area (Å²) >= 11 is 0. The van der Waals surface area contributed by atoms with E-state index in [1.807, 2.05) is 6.92 Å². The molecule has 136 valence electrons. The van der Waals surface area contributed by atoms with Gasteiger partial charge in [0.05, 0.1) is 12.4 Å². The second kappa shape index (κ2) is 8.03. The zero-order valence-corrected chi connectivity index (χ0v) is 15.0. The highest BCUT2D eigenvalue weighted by atomic mass is 16.5. The first-order valence-corrected chi connectivity index (χ1v) is 8.65.